The quantitative estimate of drug-likeness (QED) is 0.801. The van der Waals surface area contributed by atoms with Crippen LogP contribution in [0.1, 0.15) is 28.9 Å². The summed E-state index contributed by atoms with van der Waals surface area (Å²) in [5.74, 6) is -0.254. The number of phenols is 1. The van der Waals surface area contributed by atoms with Crippen LogP contribution in [0.25, 0.3) is 5.69 Å². The lowest BCUT2D eigenvalue weighted by Gasteiger charge is -2.25. The molecule has 5 nitrogen and oxygen atoms in total. The van der Waals surface area contributed by atoms with Gasteiger partial charge in [0.15, 0.2) is 0 Å². The SMILES string of the molecule is CC(c1ccncc1)N(C)C(=O)c1cc(-n2cccc2)ccc1O. The van der Waals surface area contributed by atoms with E-state index in [9.17, 15) is 9.90 Å². The molecule has 3 aromatic rings. The Morgan fingerprint density at radius 3 is 2.50 bits per heavy atom. The van der Waals surface area contributed by atoms with Gasteiger partial charge in [0.2, 0.25) is 0 Å². The van der Waals surface area contributed by atoms with E-state index in [0.717, 1.165) is 11.3 Å². The largest absolute Gasteiger partial charge is 0.507 e. The maximum Gasteiger partial charge on any atom is 0.257 e. The Hall–Kier alpha value is -3.08. The normalized spacial score (nSPS) is 11.9. The average molecular weight is 321 g/mol. The molecule has 0 aliphatic rings. The zero-order valence-electron chi connectivity index (χ0n) is 13.6. The fourth-order valence-corrected chi connectivity index (χ4v) is 2.59. The lowest BCUT2D eigenvalue weighted by molar-refractivity contribution is 0.0739. The smallest absolute Gasteiger partial charge is 0.257 e. The maximum absolute atomic E-state index is 12.8. The first-order valence-electron chi connectivity index (χ1n) is 7.71. The van der Waals surface area contributed by atoms with E-state index in [1.54, 1.807) is 42.5 Å². The number of aromatic nitrogens is 2. The minimum absolute atomic E-state index is 0.0234. The van der Waals surface area contributed by atoms with Crippen molar-refractivity contribution in [1.82, 2.24) is 14.5 Å². The van der Waals surface area contributed by atoms with Gasteiger partial charge in [0.25, 0.3) is 5.91 Å². The molecule has 0 bridgehead atoms. The highest BCUT2D eigenvalue weighted by atomic mass is 16.3. The van der Waals surface area contributed by atoms with E-state index in [-0.39, 0.29) is 23.3 Å². The van der Waals surface area contributed by atoms with Crippen LogP contribution in [0.2, 0.25) is 0 Å². The van der Waals surface area contributed by atoms with Crippen molar-refractivity contribution in [1.29, 1.82) is 0 Å². The maximum atomic E-state index is 12.8. The Kier molecular flexibility index (Phi) is 4.33. The molecule has 0 radical (unpaired) electrons. The predicted molar refractivity (Wildman–Crippen MR) is 92.2 cm³/mol. The Morgan fingerprint density at radius 1 is 1.17 bits per heavy atom. The number of amides is 1. The van der Waals surface area contributed by atoms with Crippen molar-refractivity contribution >= 4 is 5.91 Å². The fourth-order valence-electron chi connectivity index (χ4n) is 2.59. The van der Waals surface area contributed by atoms with Crippen molar-refractivity contribution < 1.29 is 9.90 Å². The van der Waals surface area contributed by atoms with Gasteiger partial charge in [-0.15, -0.1) is 0 Å². The summed E-state index contributed by atoms with van der Waals surface area (Å²) in [4.78, 5) is 18.5. The van der Waals surface area contributed by atoms with Crippen molar-refractivity contribution in [2.75, 3.05) is 7.05 Å². The van der Waals surface area contributed by atoms with E-state index in [1.807, 2.05) is 48.1 Å². The van der Waals surface area contributed by atoms with Gasteiger partial charge in [-0.1, -0.05) is 0 Å². The van der Waals surface area contributed by atoms with Crippen molar-refractivity contribution in [3.8, 4) is 11.4 Å². The van der Waals surface area contributed by atoms with Crippen molar-refractivity contribution in [3.63, 3.8) is 0 Å². The summed E-state index contributed by atoms with van der Waals surface area (Å²) in [6.45, 7) is 1.94. The van der Waals surface area contributed by atoms with Gasteiger partial charge in [-0.25, -0.2) is 0 Å². The number of aromatic hydroxyl groups is 1. The minimum atomic E-state index is -0.231. The average Bonchev–Trinajstić information content (AvgIpc) is 3.15. The molecule has 2 heterocycles. The number of rotatable bonds is 4. The van der Waals surface area contributed by atoms with Crippen LogP contribution < -0.4 is 0 Å². The zero-order valence-corrected chi connectivity index (χ0v) is 13.6. The topological polar surface area (TPSA) is 58.4 Å². The molecule has 1 atom stereocenters. The van der Waals surface area contributed by atoms with Crippen LogP contribution in [0.5, 0.6) is 5.75 Å². The number of pyridine rings is 1. The molecule has 0 aliphatic carbocycles. The van der Waals surface area contributed by atoms with Gasteiger partial charge in [0.1, 0.15) is 5.75 Å². The molecule has 24 heavy (non-hydrogen) atoms. The van der Waals surface area contributed by atoms with Crippen LogP contribution >= 0.6 is 0 Å². The summed E-state index contributed by atoms with van der Waals surface area (Å²) in [6.07, 6.45) is 7.19. The third-order valence-electron chi connectivity index (χ3n) is 4.20. The molecule has 0 aliphatic heterocycles. The van der Waals surface area contributed by atoms with Crippen molar-refractivity contribution in [2.45, 2.75) is 13.0 Å². The molecule has 0 saturated carbocycles. The summed E-state index contributed by atoms with van der Waals surface area (Å²) < 4.78 is 1.89. The van der Waals surface area contributed by atoms with Gasteiger partial charge >= 0.3 is 0 Å². The standard InChI is InChI=1S/C19H19N3O2/c1-14(15-7-9-20-10-8-15)21(2)19(24)17-13-16(5-6-18(17)23)22-11-3-4-12-22/h3-14,23H,1-2H3. The molecule has 122 valence electrons. The van der Waals surface area contributed by atoms with Crippen LogP contribution in [-0.4, -0.2) is 32.5 Å². The summed E-state index contributed by atoms with van der Waals surface area (Å²) in [5, 5.41) is 10.1. The molecule has 1 unspecified atom stereocenters. The third kappa shape index (κ3) is 3.01. The Morgan fingerprint density at radius 2 is 1.83 bits per heavy atom. The molecular weight excluding hydrogens is 302 g/mol. The highest BCUT2D eigenvalue weighted by Gasteiger charge is 2.22. The summed E-state index contributed by atoms with van der Waals surface area (Å²) in [7, 11) is 1.73. The number of hydrogen-bond acceptors (Lipinski definition) is 3. The highest BCUT2D eigenvalue weighted by Crippen LogP contribution is 2.26. The number of carbonyl (C=O) groups excluding carboxylic acids is 1. The molecular formula is C19H19N3O2. The second-order valence-electron chi connectivity index (χ2n) is 5.66. The van der Waals surface area contributed by atoms with Gasteiger partial charge < -0.3 is 14.6 Å². The second-order valence-corrected chi connectivity index (χ2v) is 5.66. The Bertz CT molecular complexity index is 829. The van der Waals surface area contributed by atoms with Gasteiger partial charge in [-0.05, 0) is 55.0 Å². The first-order chi connectivity index (χ1) is 11.6. The van der Waals surface area contributed by atoms with E-state index < -0.39 is 0 Å². The summed E-state index contributed by atoms with van der Waals surface area (Å²) >= 11 is 0. The number of carbonyl (C=O) groups is 1. The van der Waals surface area contributed by atoms with E-state index in [0.29, 0.717) is 0 Å². The first kappa shape index (κ1) is 15.8. The Labute approximate surface area is 140 Å². The number of phenolic OH excluding ortho intramolecular Hbond substituents is 1. The van der Waals surface area contributed by atoms with E-state index in [1.165, 1.54) is 0 Å². The van der Waals surface area contributed by atoms with Gasteiger partial charge in [0, 0.05) is 37.5 Å². The molecule has 1 aromatic carbocycles. The van der Waals surface area contributed by atoms with Crippen LogP contribution in [0.3, 0.4) is 0 Å². The highest BCUT2D eigenvalue weighted by molar-refractivity contribution is 5.97. The van der Waals surface area contributed by atoms with Crippen molar-refractivity contribution in [2.24, 2.45) is 0 Å². The predicted octanol–water partition coefficient (Wildman–Crippen LogP) is 3.41. The lowest BCUT2D eigenvalue weighted by atomic mass is 10.1. The summed E-state index contributed by atoms with van der Waals surface area (Å²) in [5.41, 5.74) is 2.10. The molecule has 0 saturated heterocycles. The van der Waals surface area contributed by atoms with E-state index in [2.05, 4.69) is 4.98 Å². The van der Waals surface area contributed by atoms with Gasteiger partial charge in [0.05, 0.1) is 11.6 Å². The molecule has 0 fully saturated rings. The molecule has 3 rings (SSSR count). The van der Waals surface area contributed by atoms with Crippen LogP contribution in [-0.2, 0) is 0 Å². The molecule has 0 spiro atoms. The fraction of sp³-hybridized carbons (Fsp3) is 0.158. The summed E-state index contributed by atoms with van der Waals surface area (Å²) in [6, 6.07) is 12.5. The zero-order chi connectivity index (χ0) is 17.1. The van der Waals surface area contributed by atoms with Crippen LogP contribution in [0.15, 0.2) is 67.3 Å². The Balaban J connectivity index is 1.90. The third-order valence-corrected chi connectivity index (χ3v) is 4.20. The minimum Gasteiger partial charge on any atom is -0.507 e. The molecule has 5 heteroatoms. The lowest BCUT2D eigenvalue weighted by Crippen LogP contribution is -2.29. The van der Waals surface area contributed by atoms with Crippen molar-refractivity contribution in [3.05, 3.63) is 78.4 Å². The second kappa shape index (κ2) is 6.58. The van der Waals surface area contributed by atoms with Crippen LogP contribution in [0.4, 0.5) is 0 Å². The monoisotopic (exact) mass is 321 g/mol. The molecule has 1 amide bonds. The first-order valence-corrected chi connectivity index (χ1v) is 7.71. The molecule has 1 N–H and O–H groups in total. The number of nitrogens with zero attached hydrogens (tertiary/aromatic N) is 3. The van der Waals surface area contributed by atoms with E-state index >= 15 is 0 Å². The number of benzene rings is 1. The van der Waals surface area contributed by atoms with Gasteiger partial charge in [-0.2, -0.15) is 0 Å². The molecule has 2 aromatic heterocycles. The number of hydrogen-bond donors (Lipinski definition) is 1. The van der Waals surface area contributed by atoms with Gasteiger partial charge in [-0.3, -0.25) is 9.78 Å². The van der Waals surface area contributed by atoms with Crippen LogP contribution in [0, 0.1) is 0 Å². The van der Waals surface area contributed by atoms with E-state index in [4.69, 9.17) is 0 Å².